The molecule has 0 N–H and O–H groups in total. The van der Waals surface area contributed by atoms with Gasteiger partial charge in [0.15, 0.2) is 11.6 Å². The first-order chi connectivity index (χ1) is 22.1. The van der Waals surface area contributed by atoms with Gasteiger partial charge in [-0.3, -0.25) is 0 Å². The fourth-order valence-electron chi connectivity index (χ4n) is 6.39. The monoisotopic (exact) mass is 656 g/mol. The molecule has 0 aliphatic rings. The Morgan fingerprint density at radius 3 is 1.41 bits per heavy atom. The number of hydrogen-bond donors (Lipinski definition) is 0. The van der Waals surface area contributed by atoms with E-state index in [1.54, 1.807) is 0 Å². The van der Waals surface area contributed by atoms with Crippen LogP contribution in [0.5, 0.6) is 0 Å². The molecule has 0 aliphatic heterocycles. The Morgan fingerprint density at radius 2 is 0.891 bits per heavy atom. The van der Waals surface area contributed by atoms with Crippen molar-refractivity contribution in [1.29, 1.82) is 0 Å². The van der Waals surface area contributed by atoms with E-state index in [0.717, 1.165) is 32.8 Å². The van der Waals surface area contributed by atoms with Gasteiger partial charge in [-0.2, -0.15) is 0 Å². The van der Waals surface area contributed by atoms with Crippen molar-refractivity contribution in [3.05, 3.63) is 220 Å². The maximum absolute atomic E-state index is 6.42. The van der Waals surface area contributed by atoms with E-state index in [4.69, 9.17) is 23.2 Å². The highest BCUT2D eigenvalue weighted by atomic mass is 35.5. The second-order valence-corrected chi connectivity index (χ2v) is 12.0. The van der Waals surface area contributed by atoms with Gasteiger partial charge >= 0.3 is 0 Å². The number of halogens is 3. The highest BCUT2D eigenvalue weighted by Crippen LogP contribution is 2.41. The van der Waals surface area contributed by atoms with E-state index in [1.807, 2.05) is 24.3 Å². The predicted molar refractivity (Wildman–Crippen MR) is 185 cm³/mol. The molecule has 0 radical (unpaired) electrons. The van der Waals surface area contributed by atoms with Crippen molar-refractivity contribution in [2.24, 2.45) is 0 Å². The van der Waals surface area contributed by atoms with Crippen molar-refractivity contribution in [2.45, 2.75) is 11.6 Å². The second kappa shape index (κ2) is 13.8. The van der Waals surface area contributed by atoms with Crippen LogP contribution < -0.4 is 17.0 Å². The molecule has 7 rings (SSSR count). The van der Waals surface area contributed by atoms with Crippen molar-refractivity contribution in [1.82, 2.24) is 4.57 Å². The molecule has 46 heavy (non-hydrogen) atoms. The molecule has 0 amide bonds. The molecule has 0 saturated heterocycles. The minimum atomic E-state index is -0.641. The topological polar surface area (TPSA) is 8.81 Å². The maximum Gasteiger partial charge on any atom is 0.245 e. The van der Waals surface area contributed by atoms with Crippen molar-refractivity contribution in [3.63, 3.8) is 0 Å². The molecule has 0 bridgehead atoms. The summed E-state index contributed by atoms with van der Waals surface area (Å²) in [5, 5.41) is 1.45. The van der Waals surface area contributed by atoms with Crippen LogP contribution in [-0.2, 0) is 5.54 Å². The number of rotatable bonds is 8. The van der Waals surface area contributed by atoms with E-state index in [2.05, 4.69) is 167 Å². The fourth-order valence-corrected chi connectivity index (χ4v) is 6.64. The minimum Gasteiger partial charge on any atom is -1.00 e. The van der Waals surface area contributed by atoms with E-state index >= 15 is 0 Å². The zero-order valence-corrected chi connectivity index (χ0v) is 27.2. The highest BCUT2D eigenvalue weighted by molar-refractivity contribution is 6.30. The van der Waals surface area contributed by atoms with Gasteiger partial charge < -0.3 is 12.4 Å². The molecule has 0 fully saturated rings. The molecular formula is C41H31Cl3N2. The normalized spacial score (nSPS) is 11.9. The van der Waals surface area contributed by atoms with Crippen LogP contribution in [0.25, 0.3) is 11.1 Å². The number of benzene rings is 6. The molecule has 0 aliphatic carbocycles. The Balaban J connectivity index is 0.00000372. The lowest BCUT2D eigenvalue weighted by Gasteiger charge is -2.32. The van der Waals surface area contributed by atoms with Crippen LogP contribution in [0, 0.1) is 0 Å². The summed E-state index contributed by atoms with van der Waals surface area (Å²) >= 11 is 12.6. The molecule has 0 saturated carbocycles. The van der Waals surface area contributed by atoms with Gasteiger partial charge in [-0.25, -0.2) is 9.13 Å². The number of imidazole rings is 1. The molecule has 7 aromatic rings. The van der Waals surface area contributed by atoms with Gasteiger partial charge in [-0.05, 0) is 35.4 Å². The predicted octanol–water partition coefficient (Wildman–Crippen LogP) is 7.23. The lowest BCUT2D eigenvalue weighted by Crippen LogP contribution is -3.00. The summed E-state index contributed by atoms with van der Waals surface area (Å²) in [7, 11) is 0. The van der Waals surface area contributed by atoms with E-state index in [0.29, 0.717) is 5.02 Å². The zero-order chi connectivity index (χ0) is 30.6. The molecule has 1 heterocycles. The van der Waals surface area contributed by atoms with Crippen LogP contribution in [0.15, 0.2) is 183 Å². The molecule has 0 spiro atoms. The number of aromatic nitrogens is 2. The summed E-state index contributed by atoms with van der Waals surface area (Å²) < 4.78 is 4.64. The van der Waals surface area contributed by atoms with Crippen LogP contribution in [0.2, 0.25) is 10.0 Å². The van der Waals surface area contributed by atoms with Gasteiger partial charge in [0.2, 0.25) is 6.33 Å². The lowest BCUT2D eigenvalue weighted by atomic mass is 9.77. The van der Waals surface area contributed by atoms with Gasteiger partial charge in [-0.15, -0.1) is 0 Å². The Bertz CT molecular complexity index is 1950. The van der Waals surface area contributed by atoms with Crippen LogP contribution in [0.1, 0.15) is 33.9 Å². The highest BCUT2D eigenvalue weighted by Gasteiger charge is 2.43. The smallest absolute Gasteiger partial charge is 0.245 e. The van der Waals surface area contributed by atoms with Crippen molar-refractivity contribution in [3.8, 4) is 11.1 Å². The Morgan fingerprint density at radius 1 is 0.478 bits per heavy atom. The van der Waals surface area contributed by atoms with Crippen LogP contribution in [0.3, 0.4) is 0 Å². The van der Waals surface area contributed by atoms with Gasteiger partial charge in [0, 0.05) is 37.9 Å². The molecule has 5 heteroatoms. The average Bonchev–Trinajstić information content (AvgIpc) is 3.58. The summed E-state index contributed by atoms with van der Waals surface area (Å²) in [5.74, 6) is 0. The Kier molecular flexibility index (Phi) is 9.42. The Labute approximate surface area is 286 Å². The minimum absolute atomic E-state index is 0. The van der Waals surface area contributed by atoms with Crippen molar-refractivity contribution < 1.29 is 17.0 Å². The van der Waals surface area contributed by atoms with E-state index in [9.17, 15) is 0 Å². The van der Waals surface area contributed by atoms with Crippen LogP contribution >= 0.6 is 23.2 Å². The first-order valence-corrected chi connectivity index (χ1v) is 15.8. The quantitative estimate of drug-likeness (QED) is 0.121. The first kappa shape index (κ1) is 31.4. The molecule has 226 valence electrons. The summed E-state index contributed by atoms with van der Waals surface area (Å²) in [6.07, 6.45) is 6.60. The molecular weight excluding hydrogens is 627 g/mol. The molecule has 1 atom stereocenters. The number of nitrogens with zero attached hydrogens (tertiary/aromatic N) is 2. The molecule has 6 aromatic carbocycles. The van der Waals surface area contributed by atoms with Gasteiger partial charge in [0.05, 0.1) is 0 Å². The average molecular weight is 658 g/mol. The standard InChI is InChI=1S/C41H31Cl2N2.ClH/c42-38-24-20-32(21-25-38)31-16-18-34(19-17-31)40(33-10-4-1-5-11-33)44-28-29-45(30-44)41(35-12-6-2-7-13-35,36-14-8-3-9-15-36)37-22-26-39(43)27-23-37;/h1-30,40H;1H/q+1;/p-1. The fraction of sp³-hybridized carbons (Fsp3) is 0.0488. The van der Waals surface area contributed by atoms with Gasteiger partial charge in [0.25, 0.3) is 0 Å². The van der Waals surface area contributed by atoms with Gasteiger partial charge in [-0.1, -0.05) is 163 Å². The molecule has 1 aromatic heterocycles. The Hall–Kier alpha value is -4.60. The first-order valence-electron chi connectivity index (χ1n) is 15.0. The lowest BCUT2D eigenvalue weighted by molar-refractivity contribution is -0.704. The third kappa shape index (κ3) is 6.00. The second-order valence-electron chi connectivity index (χ2n) is 11.2. The van der Waals surface area contributed by atoms with Crippen LogP contribution in [0.4, 0.5) is 0 Å². The SMILES string of the molecule is Clc1ccc(-c2ccc(C(c3ccccc3)[n+]3ccn(C(c4ccccc4)(c4ccccc4)c4ccc(Cl)cc4)c3)cc2)cc1.[Cl-]. The molecule has 2 nitrogen and oxygen atoms in total. The van der Waals surface area contributed by atoms with Crippen molar-refractivity contribution in [2.75, 3.05) is 0 Å². The van der Waals surface area contributed by atoms with Gasteiger partial charge in [0.1, 0.15) is 12.4 Å². The third-order valence-electron chi connectivity index (χ3n) is 8.51. The summed E-state index contributed by atoms with van der Waals surface area (Å²) in [6.45, 7) is 0. The molecule has 1 unspecified atom stereocenters. The van der Waals surface area contributed by atoms with Crippen molar-refractivity contribution >= 4 is 23.2 Å². The number of hydrogen-bond acceptors (Lipinski definition) is 0. The van der Waals surface area contributed by atoms with E-state index in [1.165, 1.54) is 11.1 Å². The van der Waals surface area contributed by atoms with E-state index < -0.39 is 5.54 Å². The summed E-state index contributed by atoms with van der Waals surface area (Å²) in [4.78, 5) is 0. The maximum atomic E-state index is 6.42. The van der Waals surface area contributed by atoms with Crippen LogP contribution in [-0.4, -0.2) is 4.57 Å². The zero-order valence-electron chi connectivity index (χ0n) is 24.9. The van der Waals surface area contributed by atoms with E-state index in [-0.39, 0.29) is 18.4 Å². The summed E-state index contributed by atoms with van der Waals surface area (Å²) in [5.41, 5.74) is 7.48. The third-order valence-corrected chi connectivity index (χ3v) is 9.01. The summed E-state index contributed by atoms with van der Waals surface area (Å²) in [6, 6.07) is 57.1. The largest absolute Gasteiger partial charge is 1.00 e.